The molecule has 0 aliphatic heterocycles. The highest BCUT2D eigenvalue weighted by atomic mass is 14.9. The summed E-state index contributed by atoms with van der Waals surface area (Å²) >= 11 is 0. The van der Waals surface area contributed by atoms with Gasteiger partial charge in [0.05, 0.1) is 0 Å². The second kappa shape index (κ2) is 4.97. The number of allylic oxidation sites excluding steroid dienone is 1. The van der Waals surface area contributed by atoms with Gasteiger partial charge in [0.2, 0.25) is 0 Å². The molecule has 0 radical (unpaired) electrons. The summed E-state index contributed by atoms with van der Waals surface area (Å²) in [7, 11) is 0. The van der Waals surface area contributed by atoms with Crippen molar-refractivity contribution >= 4 is 0 Å². The summed E-state index contributed by atoms with van der Waals surface area (Å²) in [6.07, 6.45) is 13.1. The molecule has 1 saturated carbocycles. The van der Waals surface area contributed by atoms with E-state index in [-0.39, 0.29) is 0 Å². The lowest BCUT2D eigenvalue weighted by Crippen LogP contribution is -2.33. The zero-order valence-electron chi connectivity index (χ0n) is 9.34. The highest BCUT2D eigenvalue weighted by Crippen LogP contribution is 2.30. The third-order valence-corrected chi connectivity index (χ3v) is 3.94. The summed E-state index contributed by atoms with van der Waals surface area (Å²) in [6, 6.07) is 0.677. The maximum absolute atomic E-state index is 3.71. The normalized spacial score (nSPS) is 37.6. The van der Waals surface area contributed by atoms with E-state index in [1.165, 1.54) is 45.1 Å². The lowest BCUT2D eigenvalue weighted by atomic mass is 9.96. The fourth-order valence-electron chi connectivity index (χ4n) is 2.81. The Hall–Kier alpha value is -0.300. The molecule has 1 nitrogen and oxygen atoms in total. The van der Waals surface area contributed by atoms with E-state index in [1.807, 2.05) is 0 Å². The molecule has 0 amide bonds. The van der Waals surface area contributed by atoms with Gasteiger partial charge in [-0.2, -0.15) is 0 Å². The first-order chi connectivity index (χ1) is 6.86. The maximum atomic E-state index is 3.71. The number of rotatable bonds is 3. The summed E-state index contributed by atoms with van der Waals surface area (Å²) in [5, 5.41) is 3.71. The van der Waals surface area contributed by atoms with Crippen LogP contribution in [0.2, 0.25) is 0 Å². The van der Waals surface area contributed by atoms with Gasteiger partial charge in [0, 0.05) is 6.04 Å². The minimum absolute atomic E-state index is 0.677. The average Bonchev–Trinajstić information content (AvgIpc) is 2.63. The number of nitrogens with one attached hydrogen (secondary N) is 1. The van der Waals surface area contributed by atoms with E-state index >= 15 is 0 Å². The maximum Gasteiger partial charge on any atom is 0.0250 e. The Bertz CT molecular complexity index is 197. The first-order valence-corrected chi connectivity index (χ1v) is 6.26. The van der Waals surface area contributed by atoms with Crippen LogP contribution >= 0.6 is 0 Å². The van der Waals surface area contributed by atoms with Crippen molar-refractivity contribution in [3.8, 4) is 0 Å². The van der Waals surface area contributed by atoms with Crippen molar-refractivity contribution < 1.29 is 0 Å². The van der Waals surface area contributed by atoms with Crippen LogP contribution in [0, 0.1) is 11.8 Å². The van der Waals surface area contributed by atoms with Crippen molar-refractivity contribution in [1.82, 2.24) is 5.32 Å². The van der Waals surface area contributed by atoms with Crippen molar-refractivity contribution in [1.29, 1.82) is 0 Å². The Morgan fingerprint density at radius 1 is 1.21 bits per heavy atom. The summed E-state index contributed by atoms with van der Waals surface area (Å²) in [5.74, 6) is 1.90. The lowest BCUT2D eigenvalue weighted by Gasteiger charge is -2.22. The monoisotopic (exact) mass is 193 g/mol. The van der Waals surface area contributed by atoms with E-state index in [0.717, 1.165) is 11.8 Å². The zero-order chi connectivity index (χ0) is 9.80. The largest absolute Gasteiger partial charge is 0.310 e. The van der Waals surface area contributed by atoms with E-state index < -0.39 is 0 Å². The highest BCUT2D eigenvalue weighted by Gasteiger charge is 2.23. The Balaban J connectivity index is 1.70. The van der Waals surface area contributed by atoms with E-state index in [4.69, 9.17) is 0 Å². The molecule has 2 aliphatic rings. The van der Waals surface area contributed by atoms with Crippen LogP contribution in [-0.4, -0.2) is 12.6 Å². The quantitative estimate of drug-likeness (QED) is 0.679. The molecular weight excluding hydrogens is 170 g/mol. The van der Waals surface area contributed by atoms with Crippen LogP contribution in [0.15, 0.2) is 12.2 Å². The van der Waals surface area contributed by atoms with Crippen molar-refractivity contribution in [2.24, 2.45) is 11.8 Å². The van der Waals surface area contributed by atoms with Gasteiger partial charge in [0.1, 0.15) is 0 Å². The molecule has 0 bridgehead atoms. The van der Waals surface area contributed by atoms with Crippen molar-refractivity contribution in [3.05, 3.63) is 12.2 Å². The van der Waals surface area contributed by atoms with Gasteiger partial charge in [0.15, 0.2) is 0 Å². The van der Waals surface area contributed by atoms with Crippen molar-refractivity contribution in [2.75, 3.05) is 6.54 Å². The van der Waals surface area contributed by atoms with Crippen molar-refractivity contribution in [3.63, 3.8) is 0 Å². The first-order valence-electron chi connectivity index (χ1n) is 6.26. The third-order valence-electron chi connectivity index (χ3n) is 3.94. The zero-order valence-corrected chi connectivity index (χ0v) is 9.34. The van der Waals surface area contributed by atoms with Crippen LogP contribution in [0.4, 0.5) is 0 Å². The van der Waals surface area contributed by atoms with Crippen LogP contribution < -0.4 is 5.32 Å². The van der Waals surface area contributed by atoms with E-state index in [0.29, 0.717) is 6.04 Å². The molecule has 80 valence electrons. The smallest absolute Gasteiger partial charge is 0.0250 e. The molecule has 14 heavy (non-hydrogen) atoms. The van der Waals surface area contributed by atoms with Crippen LogP contribution in [0.5, 0.6) is 0 Å². The molecule has 2 rings (SSSR count). The first kappa shape index (κ1) is 10.2. The standard InChI is InChI=1S/C13H23N/c1-11-6-5-7-12(11)10-14-13-8-3-2-4-9-13/h3,8,11-14H,2,4-7,9-10H2,1H3. The Morgan fingerprint density at radius 3 is 2.79 bits per heavy atom. The topological polar surface area (TPSA) is 12.0 Å². The fourth-order valence-corrected chi connectivity index (χ4v) is 2.81. The molecule has 0 saturated heterocycles. The summed E-state index contributed by atoms with van der Waals surface area (Å²) in [6.45, 7) is 3.66. The molecule has 0 aromatic carbocycles. The van der Waals surface area contributed by atoms with Gasteiger partial charge in [-0.15, -0.1) is 0 Å². The minimum Gasteiger partial charge on any atom is -0.310 e. The van der Waals surface area contributed by atoms with Crippen LogP contribution in [0.25, 0.3) is 0 Å². The fraction of sp³-hybridized carbons (Fsp3) is 0.846. The molecule has 0 aromatic rings. The molecular formula is C13H23N. The van der Waals surface area contributed by atoms with Gasteiger partial charge in [-0.25, -0.2) is 0 Å². The second-order valence-electron chi connectivity index (χ2n) is 5.04. The Morgan fingerprint density at radius 2 is 2.14 bits per heavy atom. The molecule has 0 spiro atoms. The minimum atomic E-state index is 0.677. The number of hydrogen-bond donors (Lipinski definition) is 1. The molecule has 3 atom stereocenters. The lowest BCUT2D eigenvalue weighted by molar-refractivity contribution is 0.372. The van der Waals surface area contributed by atoms with Gasteiger partial charge >= 0.3 is 0 Å². The molecule has 0 heterocycles. The van der Waals surface area contributed by atoms with Gasteiger partial charge in [0.25, 0.3) is 0 Å². The molecule has 0 aromatic heterocycles. The highest BCUT2D eigenvalue weighted by molar-refractivity contribution is 4.97. The van der Waals surface area contributed by atoms with Gasteiger partial charge in [-0.3, -0.25) is 0 Å². The van der Waals surface area contributed by atoms with Gasteiger partial charge < -0.3 is 5.32 Å². The molecule has 2 aliphatic carbocycles. The second-order valence-corrected chi connectivity index (χ2v) is 5.04. The summed E-state index contributed by atoms with van der Waals surface area (Å²) < 4.78 is 0. The summed E-state index contributed by atoms with van der Waals surface area (Å²) in [5.41, 5.74) is 0. The number of hydrogen-bond acceptors (Lipinski definition) is 1. The van der Waals surface area contributed by atoms with E-state index in [1.54, 1.807) is 0 Å². The third kappa shape index (κ3) is 2.60. The van der Waals surface area contributed by atoms with Crippen LogP contribution in [0.1, 0.15) is 45.4 Å². The predicted octanol–water partition coefficient (Wildman–Crippen LogP) is 3.12. The van der Waals surface area contributed by atoms with Gasteiger partial charge in [-0.05, 0) is 44.1 Å². The Kier molecular flexibility index (Phi) is 3.63. The van der Waals surface area contributed by atoms with Crippen LogP contribution in [0.3, 0.4) is 0 Å². The SMILES string of the molecule is CC1CCCC1CNC1C=CCCC1. The van der Waals surface area contributed by atoms with Crippen molar-refractivity contribution in [2.45, 2.75) is 51.5 Å². The van der Waals surface area contributed by atoms with Gasteiger partial charge in [-0.1, -0.05) is 31.9 Å². The predicted molar refractivity (Wildman–Crippen MR) is 61.3 cm³/mol. The summed E-state index contributed by atoms with van der Waals surface area (Å²) in [4.78, 5) is 0. The van der Waals surface area contributed by atoms with Crippen LogP contribution in [-0.2, 0) is 0 Å². The van der Waals surface area contributed by atoms with E-state index in [9.17, 15) is 0 Å². The molecule has 1 fully saturated rings. The average molecular weight is 193 g/mol. The molecule has 1 N–H and O–H groups in total. The van der Waals surface area contributed by atoms with E-state index in [2.05, 4.69) is 24.4 Å². The molecule has 3 unspecified atom stereocenters. The molecule has 1 heteroatoms. The Labute approximate surface area is 88.0 Å².